The van der Waals surface area contributed by atoms with Crippen molar-refractivity contribution in [3.8, 4) is 0 Å². The predicted octanol–water partition coefficient (Wildman–Crippen LogP) is 4.84. The van der Waals surface area contributed by atoms with Gasteiger partial charge in [-0.15, -0.1) is 0 Å². The molecule has 1 aliphatic rings. The van der Waals surface area contributed by atoms with Gasteiger partial charge >= 0.3 is 0 Å². The SMILES string of the molecule is CC(C)(C)S(=O)N(Cc1ccccc1)[C@@H](COCc1ccccc1)[C@@H]1CCC(I)C(O)O1. The highest BCUT2D eigenvalue weighted by atomic mass is 127. The molecule has 1 aliphatic heterocycles. The molecule has 3 rings (SSSR count). The molecule has 2 aromatic rings. The van der Waals surface area contributed by atoms with Gasteiger partial charge < -0.3 is 14.6 Å². The zero-order valence-corrected chi connectivity index (χ0v) is 22.0. The second kappa shape index (κ2) is 12.0. The van der Waals surface area contributed by atoms with Crippen LogP contribution in [-0.2, 0) is 33.6 Å². The van der Waals surface area contributed by atoms with Gasteiger partial charge in [0.05, 0.1) is 34.0 Å². The van der Waals surface area contributed by atoms with Crippen LogP contribution in [0.1, 0.15) is 44.7 Å². The van der Waals surface area contributed by atoms with E-state index in [1.54, 1.807) is 0 Å². The van der Waals surface area contributed by atoms with Crippen molar-refractivity contribution in [1.29, 1.82) is 0 Å². The summed E-state index contributed by atoms with van der Waals surface area (Å²) in [5.74, 6) is 0. The molecular weight excluding hydrogens is 537 g/mol. The summed E-state index contributed by atoms with van der Waals surface area (Å²) in [7, 11) is -1.29. The fourth-order valence-electron chi connectivity index (χ4n) is 3.74. The quantitative estimate of drug-likeness (QED) is 0.346. The molecule has 0 radical (unpaired) electrons. The summed E-state index contributed by atoms with van der Waals surface area (Å²) in [5.41, 5.74) is 2.18. The van der Waals surface area contributed by atoms with E-state index in [0.29, 0.717) is 19.8 Å². The Morgan fingerprint density at radius 1 is 1.09 bits per heavy atom. The second-order valence-corrected chi connectivity index (χ2v) is 12.9. The monoisotopic (exact) mass is 571 g/mol. The molecule has 0 saturated carbocycles. The molecule has 1 saturated heterocycles. The highest BCUT2D eigenvalue weighted by Gasteiger charge is 2.40. The molecule has 176 valence electrons. The lowest BCUT2D eigenvalue weighted by Crippen LogP contribution is -2.54. The minimum atomic E-state index is -1.29. The molecule has 1 heterocycles. The molecule has 32 heavy (non-hydrogen) atoms. The van der Waals surface area contributed by atoms with E-state index in [9.17, 15) is 9.32 Å². The molecule has 0 spiro atoms. The van der Waals surface area contributed by atoms with Crippen LogP contribution < -0.4 is 0 Å². The van der Waals surface area contributed by atoms with Gasteiger partial charge in [-0.05, 0) is 44.7 Å². The van der Waals surface area contributed by atoms with Crippen LogP contribution in [0.2, 0.25) is 0 Å². The van der Waals surface area contributed by atoms with Gasteiger partial charge in [0.15, 0.2) is 6.29 Å². The first-order valence-corrected chi connectivity index (χ1v) is 13.4. The molecule has 0 aliphatic carbocycles. The van der Waals surface area contributed by atoms with Crippen LogP contribution in [0.25, 0.3) is 0 Å². The number of nitrogens with zero attached hydrogens (tertiary/aromatic N) is 1. The van der Waals surface area contributed by atoms with Crippen molar-refractivity contribution in [2.24, 2.45) is 0 Å². The zero-order valence-electron chi connectivity index (χ0n) is 19.0. The van der Waals surface area contributed by atoms with Crippen molar-refractivity contribution in [3.05, 3.63) is 71.8 Å². The van der Waals surface area contributed by atoms with Gasteiger partial charge in [0.2, 0.25) is 0 Å². The number of aliphatic hydroxyl groups is 1. The molecule has 2 aromatic carbocycles. The highest BCUT2D eigenvalue weighted by Crippen LogP contribution is 2.31. The Kier molecular flexibility index (Phi) is 9.70. The van der Waals surface area contributed by atoms with Gasteiger partial charge in [0.1, 0.15) is 11.0 Å². The first kappa shape index (κ1) is 25.8. The van der Waals surface area contributed by atoms with Gasteiger partial charge in [-0.3, -0.25) is 0 Å². The zero-order chi connectivity index (χ0) is 23.1. The fourth-order valence-corrected chi connectivity index (χ4v) is 5.68. The van der Waals surface area contributed by atoms with Crippen molar-refractivity contribution < 1.29 is 18.8 Å². The van der Waals surface area contributed by atoms with E-state index in [1.165, 1.54) is 0 Å². The number of ether oxygens (including phenoxy) is 2. The summed E-state index contributed by atoms with van der Waals surface area (Å²) < 4.78 is 27.5. The number of alkyl halides is 1. The maximum atomic E-state index is 13.7. The van der Waals surface area contributed by atoms with Gasteiger partial charge in [-0.2, -0.15) is 0 Å². The fraction of sp³-hybridized carbons (Fsp3) is 0.520. The summed E-state index contributed by atoms with van der Waals surface area (Å²) in [6.45, 7) is 7.32. The molecular formula is C25H34INO4S. The van der Waals surface area contributed by atoms with Crippen LogP contribution in [0.3, 0.4) is 0 Å². The molecule has 0 amide bonds. The summed E-state index contributed by atoms with van der Waals surface area (Å²) in [5, 5.41) is 10.4. The third-order valence-corrected chi connectivity index (χ3v) is 8.58. The Hall–Kier alpha value is -0.840. The largest absolute Gasteiger partial charge is 0.375 e. The molecule has 1 fully saturated rings. The van der Waals surface area contributed by atoms with Crippen LogP contribution in [0.4, 0.5) is 0 Å². The standard InChI is InChI=1S/C25H34INO4S/c1-25(2,3)32(29)27(16-19-10-6-4-7-11-19)22(23-15-14-21(26)24(28)31-23)18-30-17-20-12-8-5-9-13-20/h4-13,21-24,28H,14-18H2,1-3H3/t21?,22-,23-,24?,32?/m0/s1. The van der Waals surface area contributed by atoms with E-state index in [0.717, 1.165) is 24.0 Å². The van der Waals surface area contributed by atoms with E-state index in [2.05, 4.69) is 22.6 Å². The molecule has 5 nitrogen and oxygen atoms in total. The average Bonchev–Trinajstić information content (AvgIpc) is 2.78. The third kappa shape index (κ3) is 7.33. The first-order valence-electron chi connectivity index (χ1n) is 11.1. The number of hydrogen-bond donors (Lipinski definition) is 1. The van der Waals surface area contributed by atoms with Crippen molar-refractivity contribution in [2.45, 2.75) is 73.9 Å². The van der Waals surface area contributed by atoms with E-state index < -0.39 is 22.0 Å². The molecule has 0 bridgehead atoms. The highest BCUT2D eigenvalue weighted by molar-refractivity contribution is 14.1. The topological polar surface area (TPSA) is 59.0 Å². The Balaban J connectivity index is 1.85. The van der Waals surface area contributed by atoms with Crippen molar-refractivity contribution in [1.82, 2.24) is 4.31 Å². The second-order valence-electron chi connectivity index (χ2n) is 9.15. The maximum absolute atomic E-state index is 13.7. The molecule has 1 N–H and O–H groups in total. The number of hydrogen-bond acceptors (Lipinski definition) is 4. The Morgan fingerprint density at radius 2 is 1.69 bits per heavy atom. The van der Waals surface area contributed by atoms with Gasteiger partial charge in [0, 0.05) is 6.54 Å². The number of rotatable bonds is 9. The molecule has 0 aromatic heterocycles. The third-order valence-electron chi connectivity index (χ3n) is 5.47. The summed E-state index contributed by atoms with van der Waals surface area (Å²) in [4.78, 5) is 0. The van der Waals surface area contributed by atoms with E-state index in [-0.39, 0.29) is 16.1 Å². The van der Waals surface area contributed by atoms with E-state index in [1.807, 2.05) is 85.7 Å². The first-order chi connectivity index (χ1) is 15.3. The Bertz CT molecular complexity index is 846. The van der Waals surface area contributed by atoms with Crippen molar-refractivity contribution >= 4 is 33.6 Å². The number of halogens is 1. The maximum Gasteiger partial charge on any atom is 0.166 e. The Labute approximate surface area is 208 Å². The van der Waals surface area contributed by atoms with Crippen LogP contribution in [0.5, 0.6) is 0 Å². The predicted molar refractivity (Wildman–Crippen MR) is 138 cm³/mol. The van der Waals surface area contributed by atoms with E-state index in [4.69, 9.17) is 9.47 Å². The molecule has 5 atom stereocenters. The van der Waals surface area contributed by atoms with Crippen molar-refractivity contribution in [2.75, 3.05) is 6.61 Å². The van der Waals surface area contributed by atoms with Gasteiger partial charge in [-0.25, -0.2) is 8.51 Å². The average molecular weight is 572 g/mol. The molecule has 7 heteroatoms. The lowest BCUT2D eigenvalue weighted by molar-refractivity contribution is -0.175. The lowest BCUT2D eigenvalue weighted by Gasteiger charge is -2.42. The minimum absolute atomic E-state index is 0.0606. The van der Waals surface area contributed by atoms with Crippen LogP contribution in [0.15, 0.2) is 60.7 Å². The Morgan fingerprint density at radius 3 is 2.25 bits per heavy atom. The van der Waals surface area contributed by atoms with Crippen LogP contribution in [0, 0.1) is 0 Å². The molecule has 3 unspecified atom stereocenters. The van der Waals surface area contributed by atoms with Crippen molar-refractivity contribution in [3.63, 3.8) is 0 Å². The summed E-state index contributed by atoms with van der Waals surface area (Å²) in [6, 6.07) is 19.9. The van der Waals surface area contributed by atoms with Gasteiger partial charge in [0.25, 0.3) is 0 Å². The van der Waals surface area contributed by atoms with Gasteiger partial charge in [-0.1, -0.05) is 83.3 Å². The smallest absolute Gasteiger partial charge is 0.166 e. The number of benzene rings is 2. The summed E-state index contributed by atoms with van der Waals surface area (Å²) in [6.07, 6.45) is 0.550. The van der Waals surface area contributed by atoms with Crippen LogP contribution in [-0.4, -0.2) is 47.3 Å². The number of aliphatic hydroxyl groups excluding tert-OH is 1. The lowest BCUT2D eigenvalue weighted by atomic mass is 10.0. The normalized spacial score (nSPS) is 23.8. The van der Waals surface area contributed by atoms with Crippen LogP contribution >= 0.6 is 22.6 Å². The van der Waals surface area contributed by atoms with E-state index >= 15 is 0 Å². The summed E-state index contributed by atoms with van der Waals surface area (Å²) >= 11 is 2.23. The minimum Gasteiger partial charge on any atom is -0.375 e.